The zero-order chi connectivity index (χ0) is 82.2. The van der Waals surface area contributed by atoms with Crippen LogP contribution >= 0.6 is 0 Å². The molecule has 1 unspecified atom stereocenters. The minimum Gasteiger partial charge on any atom is -0.479 e. The minimum atomic E-state index is -2.10. The number of anilines is 1. The summed E-state index contributed by atoms with van der Waals surface area (Å²) in [6.45, 7) is 15.2. The van der Waals surface area contributed by atoms with E-state index in [0.717, 1.165) is 4.90 Å². The van der Waals surface area contributed by atoms with Gasteiger partial charge in [-0.2, -0.15) is 0 Å². The molecule has 2 aromatic carbocycles. The lowest BCUT2D eigenvalue weighted by molar-refractivity contribution is -0.307. The molecule has 36 heteroatoms. The molecule has 2 aromatic rings. The summed E-state index contributed by atoms with van der Waals surface area (Å²) < 4.78 is 47.8. The van der Waals surface area contributed by atoms with E-state index in [2.05, 4.69) is 26.6 Å². The quantitative estimate of drug-likeness (QED) is 0.0365. The highest BCUT2D eigenvalue weighted by molar-refractivity contribution is 6.05. The van der Waals surface area contributed by atoms with E-state index < -0.39 is 237 Å². The van der Waals surface area contributed by atoms with E-state index in [9.17, 15) is 98.4 Å². The molecule has 0 spiro atoms. The molecule has 0 aromatic heterocycles. The number of nitrogens with one attached hydrogen (secondary N) is 5. The maximum Gasteiger partial charge on any atom is 0.410 e. The number of aliphatic carboxylic acids is 2. The second kappa shape index (κ2) is 40.5. The summed E-state index contributed by atoms with van der Waals surface area (Å²) in [5, 5.41) is 95.5. The number of carbonyl (C=O) groups excluding carboxylic acids is 10. The second-order valence-corrected chi connectivity index (χ2v) is 29.0. The van der Waals surface area contributed by atoms with Crippen molar-refractivity contribution in [3.8, 4) is 0 Å². The lowest BCUT2D eigenvalue weighted by atomic mass is 9.89. The molecule has 10 amide bonds. The van der Waals surface area contributed by atoms with Crippen LogP contribution in [0.5, 0.6) is 0 Å². The molecule has 4 aliphatic heterocycles. The summed E-state index contributed by atoms with van der Waals surface area (Å²) in [6.07, 6.45) is -24.1. The van der Waals surface area contributed by atoms with Gasteiger partial charge in [-0.15, -0.1) is 0 Å². The van der Waals surface area contributed by atoms with Gasteiger partial charge in [0.15, 0.2) is 24.8 Å². The van der Waals surface area contributed by atoms with Gasteiger partial charge in [-0.25, -0.2) is 14.4 Å². The Kier molecular flexibility index (Phi) is 32.6. The third kappa shape index (κ3) is 22.7. The van der Waals surface area contributed by atoms with Crippen LogP contribution in [-0.2, 0) is 92.5 Å². The number of hydrogen-bond acceptors (Lipinski definition) is 25. The Balaban J connectivity index is 1.09. The molecule has 0 aliphatic carbocycles. The zero-order valence-electron chi connectivity index (χ0n) is 64.7. The number of nitrogens with zero attached hydrogens (tertiary/aromatic N) is 4. The highest BCUT2D eigenvalue weighted by atomic mass is 16.7. The Labute approximate surface area is 633 Å². The van der Waals surface area contributed by atoms with E-state index in [0.29, 0.717) is 41.8 Å². The first-order valence-corrected chi connectivity index (χ1v) is 36.3. The van der Waals surface area contributed by atoms with Crippen molar-refractivity contribution in [3.63, 3.8) is 0 Å². The number of hydrogen-bond donors (Lipinski definition) is 13. The summed E-state index contributed by atoms with van der Waals surface area (Å²) in [7, 11) is 5.77. The van der Waals surface area contributed by atoms with Crippen LogP contribution in [0, 0.1) is 29.6 Å². The van der Waals surface area contributed by atoms with E-state index in [1.165, 1.54) is 64.3 Å². The first kappa shape index (κ1) is 87.8. The van der Waals surface area contributed by atoms with Crippen molar-refractivity contribution < 1.29 is 133 Å². The topological polar surface area (TPSA) is 504 Å². The number of amides is 10. The van der Waals surface area contributed by atoms with Crippen molar-refractivity contribution in [2.24, 2.45) is 29.6 Å². The van der Waals surface area contributed by atoms with E-state index >= 15 is 0 Å². The average molecular weight is 1550 g/mol. The Morgan fingerprint density at radius 3 is 1.78 bits per heavy atom. The molecule has 608 valence electrons. The molecule has 13 N–H and O–H groups in total. The first-order chi connectivity index (χ1) is 51.7. The Morgan fingerprint density at radius 1 is 0.661 bits per heavy atom. The third-order valence-electron chi connectivity index (χ3n) is 20.2. The number of carboxylic acids is 2. The molecule has 23 atom stereocenters. The highest BCUT2D eigenvalue weighted by Crippen LogP contribution is 2.34. The molecular formula is C73H109N9O27. The van der Waals surface area contributed by atoms with Crippen LogP contribution < -0.4 is 26.6 Å². The number of carboxylic acid groups (broad SMARTS) is 2. The van der Waals surface area contributed by atoms with Gasteiger partial charge in [0.05, 0.1) is 49.3 Å². The number of aliphatic hydroxyl groups is 6. The van der Waals surface area contributed by atoms with Gasteiger partial charge in [-0.3, -0.25) is 53.0 Å². The van der Waals surface area contributed by atoms with Crippen molar-refractivity contribution in [1.29, 1.82) is 0 Å². The summed E-state index contributed by atoms with van der Waals surface area (Å²) in [6, 6.07) is 6.36. The molecule has 4 saturated heterocycles. The maximum absolute atomic E-state index is 15.0. The van der Waals surface area contributed by atoms with Crippen molar-refractivity contribution in [2.45, 2.75) is 236 Å². The number of benzene rings is 2. The van der Waals surface area contributed by atoms with Crippen molar-refractivity contribution in [3.05, 3.63) is 65.7 Å². The molecule has 0 bridgehead atoms. The van der Waals surface area contributed by atoms with Crippen LogP contribution in [0.3, 0.4) is 0 Å². The van der Waals surface area contributed by atoms with Gasteiger partial charge in [0.25, 0.3) is 0 Å². The molecule has 6 rings (SSSR count). The number of likely N-dealkylation sites (N-methyl/N-ethyl adjacent to an activating group) is 2. The number of imide groups is 1. The Bertz CT molecular complexity index is 3510. The van der Waals surface area contributed by atoms with Gasteiger partial charge in [-0.1, -0.05) is 111 Å². The van der Waals surface area contributed by atoms with Gasteiger partial charge < -0.3 is 110 Å². The fourth-order valence-corrected chi connectivity index (χ4v) is 13.8. The average Bonchev–Trinajstić information content (AvgIpc) is 1.33. The van der Waals surface area contributed by atoms with Crippen LogP contribution in [0.15, 0.2) is 54.6 Å². The number of rotatable bonds is 37. The van der Waals surface area contributed by atoms with Gasteiger partial charge in [0, 0.05) is 54.7 Å². The standard InChI is InChI=1S/C73H109N9O27/c1-15-37(8)53(45(103-13)30-49(86)81-29-19-22-44(81)60(104-14)38(9)64(93)74-39(10)61(41-20-17-16-18-21-41)107-72-59(92)55(88)57(90)63(109-72)70(100)101)79(11)68(97)51(35(4)5)78-67(96)52(36(6)7)80(12)73(102)106-32-40-23-25-42(26-24-40)75-65(94)43(33-105-71-58(91)54(87)56(89)62(108-71)69(98)99)76-66(95)50(34(2)3)77-46(83)31-82-47(84)27-28-48(82)85/h16-18,20-21,23-26,34-39,43-45,50-63,71-72,87-92H,15,19,22,27-33H2,1-14H3,(H,74,93)(H,75,94)(H,76,95)(H,77,83)(H,78,96)(H,98,99)(H,100,101)/t37-,38+,39+,43-,44-,45+,50-,51-,52-,53-,54-,55-,56-,57-,58+,59+,60+,61+,62-,63-,71+,72+/m0/s1/i27T/t27?,37-,38+,39+,43-,44-,45+,50-,51-,52-,53-,54-,55-,56-,57-,58+,59+,60+,61+,62-,63-,71+,72+. The van der Waals surface area contributed by atoms with Crippen molar-refractivity contribution >= 4 is 76.9 Å². The second-order valence-electron chi connectivity index (χ2n) is 29.0. The molecule has 4 fully saturated rings. The summed E-state index contributed by atoms with van der Waals surface area (Å²) >= 11 is 0. The SMILES string of the molecule is [3H]C1CC(=O)N(CC(=O)N[C@H](C(=O)N[C@@H](CO[C@@H]2O[C@H](C(=O)O)[C@@H](O)[C@H](O)[C@H]2O)C(=O)Nc2ccc(COC(=O)N(C)[C@H](C(=O)N[C@H](C(=O)N(C)[C@@H]([C@@H](C)CC)[C@@H](CC(=O)N3CCC[C@H]3[C@H](OC)[C@@H](C)C(=O)N[C@H](C)[C@@H](O[C@@H]3O[C@H](C(=O)O)[C@@H](O)[C@H](O)[C@H]3O)c3ccccc3)OC)C(C)C)C(C)C)cc2)C(C)C)C1=O. The van der Waals surface area contributed by atoms with E-state index in [1.807, 2.05) is 13.8 Å². The number of likely N-dealkylation sites (tertiary alicyclic amines) is 2. The summed E-state index contributed by atoms with van der Waals surface area (Å²) in [4.78, 5) is 167. The van der Waals surface area contributed by atoms with Gasteiger partial charge in [0.2, 0.25) is 53.2 Å². The molecule has 4 heterocycles. The highest BCUT2D eigenvalue weighted by Gasteiger charge is 2.51. The fraction of sp³-hybridized carbons (Fsp3) is 0.671. The molecule has 109 heavy (non-hydrogen) atoms. The van der Waals surface area contributed by atoms with Crippen LogP contribution in [0.1, 0.15) is 126 Å². The van der Waals surface area contributed by atoms with E-state index in [-0.39, 0.29) is 30.5 Å². The molecular weight excluding hydrogens is 1430 g/mol. The number of methoxy groups -OCH3 is 2. The summed E-state index contributed by atoms with van der Waals surface area (Å²) in [5.41, 5.74) is 0.944. The largest absolute Gasteiger partial charge is 0.479 e. The predicted octanol–water partition coefficient (Wildman–Crippen LogP) is -0.883. The predicted molar refractivity (Wildman–Crippen MR) is 382 cm³/mol. The first-order valence-electron chi connectivity index (χ1n) is 36.8. The summed E-state index contributed by atoms with van der Waals surface area (Å²) in [5.74, 6) is -13.0. The van der Waals surface area contributed by atoms with Crippen LogP contribution in [-0.4, -0.2) is 296 Å². The smallest absolute Gasteiger partial charge is 0.410 e. The van der Waals surface area contributed by atoms with Crippen molar-refractivity contribution in [1.82, 2.24) is 40.9 Å². The van der Waals surface area contributed by atoms with E-state index in [1.54, 1.807) is 83.8 Å². The van der Waals surface area contributed by atoms with Gasteiger partial charge in [0.1, 0.15) is 80.0 Å². The monoisotopic (exact) mass is 1550 g/mol. The van der Waals surface area contributed by atoms with Crippen molar-refractivity contribution in [2.75, 3.05) is 53.3 Å². The van der Waals surface area contributed by atoms with Crippen LogP contribution in [0.4, 0.5) is 10.5 Å². The third-order valence-corrected chi connectivity index (χ3v) is 20.2. The van der Waals surface area contributed by atoms with Crippen LogP contribution in [0.25, 0.3) is 0 Å². The lowest BCUT2D eigenvalue weighted by Crippen LogP contribution is -2.61. The zero-order valence-corrected chi connectivity index (χ0v) is 63.7. The fourth-order valence-electron chi connectivity index (χ4n) is 13.8. The lowest BCUT2D eigenvalue weighted by Gasteiger charge is -2.41. The van der Waals surface area contributed by atoms with Crippen LogP contribution in [0.2, 0.25) is 0 Å². The van der Waals surface area contributed by atoms with E-state index in [4.69, 9.17) is 34.5 Å². The number of carbonyl (C=O) groups is 12. The minimum absolute atomic E-state index is 0.0852. The Morgan fingerprint density at radius 2 is 1.25 bits per heavy atom. The van der Waals surface area contributed by atoms with Gasteiger partial charge in [-0.05, 0) is 66.7 Å². The molecule has 0 radical (unpaired) electrons. The normalized spacial score (nSPS) is 26.1. The molecule has 0 saturated carbocycles. The Hall–Kier alpha value is -8.40. The number of ether oxygens (including phenoxy) is 7. The number of aliphatic hydroxyl groups excluding tert-OH is 6. The van der Waals surface area contributed by atoms with Gasteiger partial charge >= 0.3 is 18.0 Å². The maximum atomic E-state index is 15.0. The molecule has 36 nitrogen and oxygen atoms in total. The molecule has 4 aliphatic rings.